The van der Waals surface area contributed by atoms with Gasteiger partial charge in [-0.3, -0.25) is 0 Å². The van der Waals surface area contributed by atoms with Crippen molar-refractivity contribution in [1.82, 2.24) is 4.57 Å². The minimum absolute atomic E-state index is 0.0244. The second kappa shape index (κ2) is 7.34. The molecule has 2 atom stereocenters. The zero-order valence-electron chi connectivity index (χ0n) is 13.6. The third-order valence-electron chi connectivity index (χ3n) is 4.48. The van der Waals surface area contributed by atoms with Gasteiger partial charge >= 0.3 is 0 Å². The molecule has 0 aromatic carbocycles. The topological polar surface area (TPSA) is 29.3 Å². The Bertz CT molecular complexity index is 308. The Morgan fingerprint density at radius 3 is 2.26 bits per heavy atom. The van der Waals surface area contributed by atoms with Crippen LogP contribution in [0.2, 0.25) is 23.9 Å². The molecular formula is C15H31BN2Si. The minimum atomic E-state index is -1.48. The molecule has 19 heavy (non-hydrogen) atoms. The van der Waals surface area contributed by atoms with Crippen molar-refractivity contribution in [1.29, 1.82) is 0 Å². The van der Waals surface area contributed by atoms with Crippen molar-refractivity contribution in [3.05, 3.63) is 24.9 Å². The molecule has 0 aromatic heterocycles. The van der Waals surface area contributed by atoms with Crippen LogP contribution < -0.4 is 5.73 Å². The van der Waals surface area contributed by atoms with Gasteiger partial charge in [0.15, 0.2) is 8.24 Å². The average Bonchev–Trinajstić information content (AvgIpc) is 2.31. The van der Waals surface area contributed by atoms with Crippen molar-refractivity contribution < 1.29 is 0 Å². The number of hydrogen-bond acceptors (Lipinski definition) is 2. The van der Waals surface area contributed by atoms with E-state index in [2.05, 4.69) is 64.3 Å². The maximum atomic E-state index is 5.90. The monoisotopic (exact) mass is 278 g/mol. The smallest absolute Gasteiger partial charge is 0.154 e. The summed E-state index contributed by atoms with van der Waals surface area (Å²) in [4.78, 5) is 0. The second-order valence-electron chi connectivity index (χ2n) is 6.89. The second-order valence-corrected chi connectivity index (χ2v) is 12.2. The molecule has 2 nitrogen and oxygen atoms in total. The Kier molecular flexibility index (Phi) is 7.16. The van der Waals surface area contributed by atoms with Gasteiger partial charge in [-0.25, -0.2) is 0 Å². The van der Waals surface area contributed by atoms with Crippen LogP contribution in [0.1, 0.15) is 27.2 Å². The lowest BCUT2D eigenvalue weighted by atomic mass is 9.80. The van der Waals surface area contributed by atoms with E-state index in [-0.39, 0.29) is 5.82 Å². The molecule has 0 saturated carbocycles. The van der Waals surface area contributed by atoms with Crippen molar-refractivity contribution in [2.45, 2.75) is 51.1 Å². The van der Waals surface area contributed by atoms with Gasteiger partial charge in [0.25, 0.3) is 0 Å². The van der Waals surface area contributed by atoms with Crippen LogP contribution in [0.3, 0.4) is 0 Å². The molecule has 2 radical (unpaired) electrons. The van der Waals surface area contributed by atoms with Crippen LogP contribution in [0.5, 0.6) is 0 Å². The Hall–Kier alpha value is -0.478. The SMILES string of the molecule is [B]C(C=C)CC(/C=C\N(C)[Si](C)(C)C(C)(C)C)CN. The third-order valence-corrected chi connectivity index (χ3v) is 10.1. The molecule has 4 heteroatoms. The van der Waals surface area contributed by atoms with Gasteiger partial charge < -0.3 is 10.3 Å². The number of hydrogen-bond donors (Lipinski definition) is 1. The molecule has 0 aliphatic heterocycles. The van der Waals surface area contributed by atoms with Crippen molar-refractivity contribution in [3.8, 4) is 0 Å². The predicted molar refractivity (Wildman–Crippen MR) is 91.0 cm³/mol. The van der Waals surface area contributed by atoms with Gasteiger partial charge in [-0.05, 0) is 37.2 Å². The zero-order valence-corrected chi connectivity index (χ0v) is 14.6. The first kappa shape index (κ1) is 18.5. The predicted octanol–water partition coefficient (Wildman–Crippen LogP) is 3.55. The Morgan fingerprint density at radius 1 is 1.37 bits per heavy atom. The van der Waals surface area contributed by atoms with Gasteiger partial charge in [-0.2, -0.15) is 0 Å². The van der Waals surface area contributed by atoms with Gasteiger partial charge in [-0.15, -0.1) is 6.58 Å². The van der Waals surface area contributed by atoms with E-state index < -0.39 is 8.24 Å². The normalized spacial score (nSPS) is 16.4. The van der Waals surface area contributed by atoms with E-state index in [0.717, 1.165) is 6.42 Å². The molecule has 0 aromatic rings. The highest BCUT2D eigenvalue weighted by Gasteiger charge is 2.38. The zero-order chi connectivity index (χ0) is 15.3. The lowest BCUT2D eigenvalue weighted by Crippen LogP contribution is -2.50. The van der Waals surface area contributed by atoms with Crippen LogP contribution in [0, 0.1) is 5.92 Å². The summed E-state index contributed by atoms with van der Waals surface area (Å²) in [5, 5.41) is 0.335. The van der Waals surface area contributed by atoms with Crippen molar-refractivity contribution in [2.75, 3.05) is 13.6 Å². The number of nitrogens with zero attached hydrogens (tertiary/aromatic N) is 1. The summed E-state index contributed by atoms with van der Waals surface area (Å²) in [7, 11) is 6.59. The Labute approximate surface area is 122 Å². The summed E-state index contributed by atoms with van der Waals surface area (Å²) in [6.45, 7) is 16.1. The number of rotatable bonds is 7. The molecule has 0 amide bonds. The molecule has 0 bridgehead atoms. The summed E-state index contributed by atoms with van der Waals surface area (Å²) < 4.78 is 2.40. The highest BCUT2D eigenvalue weighted by molar-refractivity contribution is 6.77. The van der Waals surface area contributed by atoms with Crippen LogP contribution in [0.25, 0.3) is 0 Å². The Morgan fingerprint density at radius 2 is 1.89 bits per heavy atom. The molecule has 2 unspecified atom stereocenters. The minimum Gasteiger partial charge on any atom is -0.406 e. The Balaban J connectivity index is 4.72. The molecule has 0 heterocycles. The summed E-state index contributed by atoms with van der Waals surface area (Å²) in [5.74, 6) is 0.344. The lowest BCUT2D eigenvalue weighted by molar-refractivity contribution is 0.565. The molecule has 0 rings (SSSR count). The maximum Gasteiger partial charge on any atom is 0.154 e. The van der Waals surface area contributed by atoms with E-state index in [1.807, 2.05) is 0 Å². The maximum absolute atomic E-state index is 5.90. The molecule has 0 fully saturated rings. The highest BCUT2D eigenvalue weighted by Crippen LogP contribution is 2.37. The van der Waals surface area contributed by atoms with Gasteiger partial charge in [0, 0.05) is 0 Å². The summed E-state index contributed by atoms with van der Waals surface area (Å²) >= 11 is 0. The fourth-order valence-electron chi connectivity index (χ4n) is 1.67. The van der Waals surface area contributed by atoms with E-state index in [9.17, 15) is 0 Å². The van der Waals surface area contributed by atoms with E-state index in [0.29, 0.717) is 17.5 Å². The van der Waals surface area contributed by atoms with Crippen LogP contribution in [-0.4, -0.2) is 34.2 Å². The van der Waals surface area contributed by atoms with Gasteiger partial charge in [0.05, 0.1) is 7.85 Å². The lowest BCUT2D eigenvalue weighted by Gasteiger charge is -2.43. The first-order valence-electron chi connectivity index (χ1n) is 7.05. The van der Waals surface area contributed by atoms with Crippen molar-refractivity contribution >= 4 is 16.1 Å². The van der Waals surface area contributed by atoms with Crippen molar-refractivity contribution in [3.63, 3.8) is 0 Å². The molecule has 0 saturated heterocycles. The fourth-order valence-corrected chi connectivity index (χ4v) is 3.18. The largest absolute Gasteiger partial charge is 0.406 e. The third kappa shape index (κ3) is 5.57. The molecule has 108 valence electrons. The van der Waals surface area contributed by atoms with E-state index in [4.69, 9.17) is 13.6 Å². The first-order chi connectivity index (χ1) is 8.56. The summed E-state index contributed by atoms with van der Waals surface area (Å²) in [6.07, 6.45) is 7.05. The summed E-state index contributed by atoms with van der Waals surface area (Å²) in [5.41, 5.74) is 5.81. The summed E-state index contributed by atoms with van der Waals surface area (Å²) in [6, 6.07) is 0. The molecule has 0 aliphatic rings. The highest BCUT2D eigenvalue weighted by atomic mass is 28.3. The molecule has 2 N–H and O–H groups in total. The van der Waals surface area contributed by atoms with Gasteiger partial charge in [-0.1, -0.05) is 51.8 Å². The van der Waals surface area contributed by atoms with Crippen LogP contribution in [-0.2, 0) is 0 Å². The van der Waals surface area contributed by atoms with Crippen LogP contribution >= 0.6 is 0 Å². The number of nitrogens with two attached hydrogens (primary N) is 1. The fraction of sp³-hybridized carbons (Fsp3) is 0.733. The number of allylic oxidation sites excluding steroid dienone is 1. The van der Waals surface area contributed by atoms with Crippen molar-refractivity contribution in [2.24, 2.45) is 11.7 Å². The van der Waals surface area contributed by atoms with Gasteiger partial charge in [0.1, 0.15) is 0 Å². The first-order valence-corrected chi connectivity index (χ1v) is 10.0. The molecule has 0 aliphatic carbocycles. The standard InChI is InChI=1S/C15H31BN2Si/c1-8-14(16)11-13(12-17)9-10-18(5)19(6,7)15(2,3)4/h8-10,13-14H,1,11-12,17H2,2-7H3/b10-9-. The van der Waals surface area contributed by atoms with Crippen LogP contribution in [0.15, 0.2) is 24.9 Å². The van der Waals surface area contributed by atoms with Crippen LogP contribution in [0.4, 0.5) is 0 Å². The average molecular weight is 278 g/mol. The van der Waals surface area contributed by atoms with Gasteiger partial charge in [0.2, 0.25) is 0 Å². The quantitative estimate of drug-likeness (QED) is 0.570. The van der Waals surface area contributed by atoms with E-state index >= 15 is 0 Å². The molecular weight excluding hydrogens is 247 g/mol. The van der Waals surface area contributed by atoms with E-state index in [1.54, 1.807) is 6.08 Å². The molecule has 0 spiro atoms. The van der Waals surface area contributed by atoms with E-state index in [1.165, 1.54) is 0 Å².